The van der Waals surface area contributed by atoms with E-state index in [9.17, 15) is 4.79 Å². The normalized spacial score (nSPS) is 18.8. The molecule has 2 amide bonds. The van der Waals surface area contributed by atoms with Crippen molar-refractivity contribution in [3.05, 3.63) is 53.1 Å². The predicted octanol–water partition coefficient (Wildman–Crippen LogP) is 2.98. The van der Waals surface area contributed by atoms with Crippen LogP contribution in [0.3, 0.4) is 0 Å². The van der Waals surface area contributed by atoms with Gasteiger partial charge in [-0.05, 0) is 41.8 Å². The summed E-state index contributed by atoms with van der Waals surface area (Å²) in [6.07, 6.45) is 0.999. The van der Waals surface area contributed by atoms with Crippen molar-refractivity contribution in [3.63, 3.8) is 0 Å². The fraction of sp³-hybridized carbons (Fsp3) is 0.458. The molecule has 0 aromatic heterocycles. The summed E-state index contributed by atoms with van der Waals surface area (Å²) < 4.78 is 16.8. The zero-order valence-electron chi connectivity index (χ0n) is 17.9. The number of ether oxygens (including phenoxy) is 3. The van der Waals surface area contributed by atoms with Gasteiger partial charge in [0.15, 0.2) is 11.5 Å². The first kappa shape index (κ1) is 20.0. The van der Waals surface area contributed by atoms with Gasteiger partial charge in [-0.2, -0.15) is 0 Å². The maximum absolute atomic E-state index is 12.8. The second-order valence-corrected chi connectivity index (χ2v) is 8.38. The minimum absolute atomic E-state index is 0.0169. The number of hydrogen-bond acceptors (Lipinski definition) is 5. The number of nitrogens with zero attached hydrogens (tertiary/aromatic N) is 2. The second kappa shape index (κ2) is 8.67. The molecular weight excluding hydrogens is 394 g/mol. The molecule has 2 aromatic rings. The first-order chi connectivity index (χ1) is 15.2. The molecule has 1 N–H and O–H groups in total. The predicted molar refractivity (Wildman–Crippen MR) is 117 cm³/mol. The zero-order chi connectivity index (χ0) is 21.2. The van der Waals surface area contributed by atoms with E-state index in [4.69, 9.17) is 14.2 Å². The van der Waals surface area contributed by atoms with Crippen molar-refractivity contribution >= 4 is 6.03 Å². The number of carbonyl (C=O) groups is 1. The van der Waals surface area contributed by atoms with Crippen molar-refractivity contribution in [2.45, 2.75) is 25.9 Å². The summed E-state index contributed by atoms with van der Waals surface area (Å²) in [6, 6.07) is 12.2. The van der Waals surface area contributed by atoms with Crippen LogP contribution in [-0.4, -0.2) is 61.8 Å². The molecule has 3 aliphatic heterocycles. The summed E-state index contributed by atoms with van der Waals surface area (Å²) in [5, 5.41) is 3.12. The minimum atomic E-state index is -0.102. The lowest BCUT2D eigenvalue weighted by Crippen LogP contribution is -2.51. The molecule has 0 bridgehead atoms. The smallest absolute Gasteiger partial charge is 0.317 e. The molecule has 0 radical (unpaired) electrons. The van der Waals surface area contributed by atoms with Crippen molar-refractivity contribution in [1.82, 2.24) is 15.1 Å². The number of benzene rings is 2. The van der Waals surface area contributed by atoms with Gasteiger partial charge < -0.3 is 24.4 Å². The monoisotopic (exact) mass is 423 g/mol. The molecule has 5 rings (SSSR count). The number of hydrogen-bond donors (Lipinski definition) is 1. The number of amides is 2. The summed E-state index contributed by atoms with van der Waals surface area (Å²) in [5.41, 5.74) is 3.63. The Bertz CT molecular complexity index is 956. The van der Waals surface area contributed by atoms with Crippen molar-refractivity contribution < 1.29 is 19.0 Å². The lowest BCUT2D eigenvalue weighted by molar-refractivity contribution is 0.133. The highest BCUT2D eigenvalue weighted by Gasteiger charge is 2.23. The third kappa shape index (κ3) is 4.42. The van der Waals surface area contributed by atoms with Gasteiger partial charge in [-0.1, -0.05) is 18.2 Å². The largest absolute Gasteiger partial charge is 0.493 e. The fourth-order valence-electron chi connectivity index (χ4n) is 4.39. The van der Waals surface area contributed by atoms with Gasteiger partial charge in [-0.25, -0.2) is 4.79 Å². The molecule has 164 valence electrons. The van der Waals surface area contributed by atoms with Crippen LogP contribution in [0.4, 0.5) is 4.79 Å². The Kier molecular flexibility index (Phi) is 5.59. The highest BCUT2D eigenvalue weighted by atomic mass is 16.6. The Morgan fingerprint density at radius 2 is 1.68 bits per heavy atom. The maximum atomic E-state index is 12.8. The van der Waals surface area contributed by atoms with E-state index in [1.54, 1.807) is 0 Å². The van der Waals surface area contributed by atoms with Gasteiger partial charge in [-0.3, -0.25) is 4.90 Å². The summed E-state index contributed by atoms with van der Waals surface area (Å²) in [5.74, 6) is 2.54. The molecule has 1 atom stereocenters. The van der Waals surface area contributed by atoms with Crippen LogP contribution >= 0.6 is 0 Å². The summed E-state index contributed by atoms with van der Waals surface area (Å²) in [6.45, 7) is 8.04. The Balaban J connectivity index is 1.12. The van der Waals surface area contributed by atoms with Gasteiger partial charge in [0.05, 0.1) is 12.6 Å². The molecule has 7 nitrogen and oxygen atoms in total. The molecule has 1 saturated heterocycles. The van der Waals surface area contributed by atoms with Crippen LogP contribution < -0.4 is 19.5 Å². The van der Waals surface area contributed by atoms with E-state index in [0.29, 0.717) is 13.2 Å². The van der Waals surface area contributed by atoms with E-state index in [-0.39, 0.29) is 12.1 Å². The van der Waals surface area contributed by atoms with E-state index in [1.807, 2.05) is 30.0 Å². The Morgan fingerprint density at radius 3 is 2.52 bits per heavy atom. The van der Waals surface area contributed by atoms with Crippen molar-refractivity contribution in [2.75, 3.05) is 46.0 Å². The molecule has 0 spiro atoms. The molecule has 3 heterocycles. The number of fused-ring (bicyclic) bond motifs is 2. The zero-order valence-corrected chi connectivity index (χ0v) is 17.9. The van der Waals surface area contributed by atoms with Crippen LogP contribution in [0, 0.1) is 0 Å². The molecular formula is C24H29N3O4. The third-order valence-corrected chi connectivity index (χ3v) is 6.23. The van der Waals surface area contributed by atoms with E-state index < -0.39 is 0 Å². The topological polar surface area (TPSA) is 63.3 Å². The quantitative estimate of drug-likeness (QED) is 0.819. The number of nitrogens with one attached hydrogen (secondary N) is 1. The van der Waals surface area contributed by atoms with Crippen LogP contribution in [-0.2, 0) is 13.0 Å². The summed E-state index contributed by atoms with van der Waals surface area (Å²) in [7, 11) is 0. The average Bonchev–Trinajstić information content (AvgIpc) is 3.27. The van der Waals surface area contributed by atoms with Gasteiger partial charge in [0.2, 0.25) is 0 Å². The number of urea groups is 1. The lowest BCUT2D eigenvalue weighted by Gasteiger charge is -2.35. The number of rotatable bonds is 4. The average molecular weight is 424 g/mol. The van der Waals surface area contributed by atoms with Crippen LogP contribution in [0.25, 0.3) is 0 Å². The van der Waals surface area contributed by atoms with Crippen LogP contribution in [0.5, 0.6) is 17.2 Å². The van der Waals surface area contributed by atoms with Crippen molar-refractivity contribution in [3.8, 4) is 17.2 Å². The standard InChI is InChI=1S/C24H29N3O4/c1-17(19-3-5-22-23(15-19)31-13-12-30-22)25-24(28)27-9-7-26(8-10-27)16-18-2-4-21-20(14-18)6-11-29-21/h2-5,14-15,17H,6-13,16H2,1H3,(H,25,28). The van der Waals surface area contributed by atoms with Gasteiger partial charge in [-0.15, -0.1) is 0 Å². The number of piperazine rings is 1. The van der Waals surface area contributed by atoms with Crippen LogP contribution in [0.1, 0.15) is 29.7 Å². The van der Waals surface area contributed by atoms with Gasteiger partial charge in [0, 0.05) is 39.1 Å². The fourth-order valence-corrected chi connectivity index (χ4v) is 4.39. The molecule has 31 heavy (non-hydrogen) atoms. The molecule has 3 aliphatic rings. The third-order valence-electron chi connectivity index (χ3n) is 6.23. The van der Waals surface area contributed by atoms with Gasteiger partial charge in [0.1, 0.15) is 19.0 Å². The molecule has 1 fully saturated rings. The first-order valence-corrected chi connectivity index (χ1v) is 11.1. The van der Waals surface area contributed by atoms with Gasteiger partial charge >= 0.3 is 6.03 Å². The van der Waals surface area contributed by atoms with E-state index in [1.165, 1.54) is 11.1 Å². The summed E-state index contributed by atoms with van der Waals surface area (Å²) in [4.78, 5) is 17.1. The van der Waals surface area contributed by atoms with Crippen molar-refractivity contribution in [2.24, 2.45) is 0 Å². The van der Waals surface area contributed by atoms with Crippen molar-refractivity contribution in [1.29, 1.82) is 0 Å². The number of carbonyl (C=O) groups excluding carboxylic acids is 1. The molecule has 0 saturated carbocycles. The molecule has 1 unspecified atom stereocenters. The minimum Gasteiger partial charge on any atom is -0.493 e. The van der Waals surface area contributed by atoms with Crippen LogP contribution in [0.2, 0.25) is 0 Å². The SMILES string of the molecule is CC(NC(=O)N1CCN(Cc2ccc3c(c2)CCO3)CC1)c1ccc2c(c1)OCCO2. The lowest BCUT2D eigenvalue weighted by atomic mass is 10.1. The summed E-state index contributed by atoms with van der Waals surface area (Å²) >= 11 is 0. The first-order valence-electron chi connectivity index (χ1n) is 11.1. The Hall–Kier alpha value is -2.93. The van der Waals surface area contributed by atoms with Gasteiger partial charge in [0.25, 0.3) is 0 Å². The molecule has 0 aliphatic carbocycles. The van der Waals surface area contributed by atoms with Crippen LogP contribution in [0.15, 0.2) is 36.4 Å². The Morgan fingerprint density at radius 1 is 0.935 bits per heavy atom. The Labute approximate surface area is 182 Å². The van der Waals surface area contributed by atoms with E-state index in [2.05, 4.69) is 28.4 Å². The highest BCUT2D eigenvalue weighted by Crippen LogP contribution is 2.32. The maximum Gasteiger partial charge on any atom is 0.317 e. The molecule has 7 heteroatoms. The van der Waals surface area contributed by atoms with E-state index >= 15 is 0 Å². The second-order valence-electron chi connectivity index (χ2n) is 8.38. The molecule has 2 aromatic carbocycles. The van der Waals surface area contributed by atoms with E-state index in [0.717, 1.165) is 68.6 Å². The highest BCUT2D eigenvalue weighted by molar-refractivity contribution is 5.75.